The van der Waals surface area contributed by atoms with Gasteiger partial charge in [-0.2, -0.15) is 0 Å². The minimum Gasteiger partial charge on any atom is -0.437 e. The molecule has 3 nitrogen and oxygen atoms in total. The maximum Gasteiger partial charge on any atom is 0.312 e. The van der Waals surface area contributed by atoms with Gasteiger partial charge in [-0.15, -0.1) is 0 Å². The smallest absolute Gasteiger partial charge is 0.312 e. The molecule has 0 saturated heterocycles. The Morgan fingerprint density at radius 2 is 1.05 bits per heavy atom. The van der Waals surface area contributed by atoms with Gasteiger partial charge in [0, 0.05) is 0 Å². The molecule has 0 aromatic carbocycles. The highest BCUT2D eigenvalue weighted by Crippen LogP contribution is 2.25. The van der Waals surface area contributed by atoms with Gasteiger partial charge < -0.3 is 12.3 Å². The van der Waals surface area contributed by atoms with E-state index in [0.29, 0.717) is 0 Å². The third-order valence-electron chi connectivity index (χ3n) is 2.42. The van der Waals surface area contributed by atoms with Gasteiger partial charge in [0.05, 0.1) is 0 Å². The van der Waals surface area contributed by atoms with Gasteiger partial charge in [-0.1, -0.05) is 13.3 Å². The fourth-order valence-electron chi connectivity index (χ4n) is 2.69. The molecular weight excluding hydrogens is 304 g/mol. The Bertz CT molecular complexity index is 285. The molecule has 0 radical (unpaired) electrons. The molecule has 0 fully saturated rings. The largest absolute Gasteiger partial charge is 0.437 e. The Morgan fingerprint density at radius 1 is 0.632 bits per heavy atom. The van der Waals surface area contributed by atoms with Gasteiger partial charge in [-0.3, -0.25) is 0 Å². The summed E-state index contributed by atoms with van der Waals surface area (Å²) in [5, 5.41) is 0. The Morgan fingerprint density at radius 3 is 1.42 bits per heavy atom. The zero-order valence-corrected chi connectivity index (χ0v) is 18.6. The lowest BCUT2D eigenvalue weighted by Gasteiger charge is -2.40. The summed E-state index contributed by atoms with van der Waals surface area (Å²) in [6.07, 6.45) is 1.19. The van der Waals surface area contributed by atoms with Crippen molar-refractivity contribution in [1.82, 2.24) is 0 Å². The highest BCUT2D eigenvalue weighted by Gasteiger charge is 2.42. The summed E-state index contributed by atoms with van der Waals surface area (Å²) in [7, 11) is -7.30. The van der Waals surface area contributed by atoms with Crippen LogP contribution in [0.1, 0.15) is 13.3 Å². The van der Waals surface area contributed by atoms with E-state index in [1.807, 2.05) is 0 Å². The third-order valence-corrected chi connectivity index (χ3v) is 16.6. The molecule has 0 aromatic heterocycles. The average Bonchev–Trinajstić information content (AvgIpc) is 1.90. The Balaban J connectivity index is 4.67. The molecule has 0 rings (SSSR count). The van der Waals surface area contributed by atoms with E-state index in [4.69, 9.17) is 12.3 Å². The van der Waals surface area contributed by atoms with Crippen molar-refractivity contribution in [2.24, 2.45) is 0 Å². The summed E-state index contributed by atoms with van der Waals surface area (Å²) in [6, 6.07) is 1.20. The van der Waals surface area contributed by atoms with E-state index in [2.05, 4.69) is 65.8 Å². The van der Waals surface area contributed by atoms with Crippen LogP contribution in [-0.4, -0.2) is 33.8 Å². The van der Waals surface area contributed by atoms with Crippen LogP contribution in [0.25, 0.3) is 0 Å². The molecular formula is C12H34O3Si4. The maximum absolute atomic E-state index is 6.44. The zero-order valence-electron chi connectivity index (χ0n) is 14.6. The fraction of sp³-hybridized carbons (Fsp3) is 1.00. The quantitative estimate of drug-likeness (QED) is 0.590. The first-order valence-electron chi connectivity index (χ1n) is 7.29. The monoisotopic (exact) mass is 338 g/mol. The number of rotatable bonds is 8. The van der Waals surface area contributed by atoms with Crippen LogP contribution >= 0.6 is 0 Å². The van der Waals surface area contributed by atoms with Crippen LogP contribution in [0.4, 0.5) is 0 Å². The van der Waals surface area contributed by atoms with E-state index in [9.17, 15) is 0 Å². The lowest BCUT2D eigenvalue weighted by atomic mass is 10.6. The van der Waals surface area contributed by atoms with E-state index in [-0.39, 0.29) is 0 Å². The van der Waals surface area contributed by atoms with Gasteiger partial charge in [-0.05, 0) is 65.0 Å². The highest BCUT2D eigenvalue weighted by atomic mass is 28.5. The van der Waals surface area contributed by atoms with Crippen LogP contribution in [0, 0.1) is 0 Å². The summed E-state index contributed by atoms with van der Waals surface area (Å²) in [6.45, 7) is 22.1. The van der Waals surface area contributed by atoms with Crippen LogP contribution in [0.15, 0.2) is 0 Å². The van der Waals surface area contributed by atoms with E-state index >= 15 is 0 Å². The molecule has 7 heteroatoms. The summed E-state index contributed by atoms with van der Waals surface area (Å²) < 4.78 is 19.1. The SMILES string of the molecule is CCC[Si](C)(C)O[Si](C)(C)O[Si](C)(C)O[Si](C)(C)C. The molecule has 116 valence electrons. The molecule has 0 atom stereocenters. The van der Waals surface area contributed by atoms with Gasteiger partial charge in [0.2, 0.25) is 0 Å². The minimum absolute atomic E-state index is 1.19. The number of hydrogen-bond donors (Lipinski definition) is 0. The summed E-state index contributed by atoms with van der Waals surface area (Å²) in [4.78, 5) is 0. The second kappa shape index (κ2) is 6.67. The molecule has 0 aliphatic carbocycles. The Labute approximate surface area is 124 Å². The fourth-order valence-corrected chi connectivity index (χ4v) is 21.3. The van der Waals surface area contributed by atoms with Crippen molar-refractivity contribution in [2.45, 2.75) is 78.3 Å². The summed E-state index contributed by atoms with van der Waals surface area (Å²) >= 11 is 0. The van der Waals surface area contributed by atoms with Crippen LogP contribution in [0.3, 0.4) is 0 Å². The van der Waals surface area contributed by atoms with Gasteiger partial charge >= 0.3 is 17.1 Å². The summed E-state index contributed by atoms with van der Waals surface area (Å²) in [5.74, 6) is 0. The van der Waals surface area contributed by atoms with Gasteiger partial charge in [0.15, 0.2) is 16.6 Å². The summed E-state index contributed by atoms with van der Waals surface area (Å²) in [5.41, 5.74) is 0. The normalized spacial score (nSPS) is 14.8. The third kappa shape index (κ3) is 10.2. The molecule has 0 heterocycles. The van der Waals surface area contributed by atoms with Gasteiger partial charge in [0.1, 0.15) is 0 Å². The standard InChI is InChI=1S/C12H34O3Si4/c1-11-12-17(5,6)14-19(9,10)15-18(7,8)13-16(2,3)4/h11-12H2,1-10H3. The predicted octanol–water partition coefficient (Wildman–Crippen LogP) is 4.89. The molecule has 0 aliphatic heterocycles. The first kappa shape index (κ1) is 19.7. The topological polar surface area (TPSA) is 27.7 Å². The van der Waals surface area contributed by atoms with Crippen molar-refractivity contribution < 1.29 is 12.3 Å². The number of hydrogen-bond acceptors (Lipinski definition) is 3. The molecule has 0 aliphatic rings. The maximum atomic E-state index is 6.44. The highest BCUT2D eigenvalue weighted by molar-refractivity contribution is 6.89. The van der Waals surface area contributed by atoms with Crippen LogP contribution < -0.4 is 0 Å². The van der Waals surface area contributed by atoms with Gasteiger partial charge in [0.25, 0.3) is 0 Å². The Kier molecular flexibility index (Phi) is 6.94. The minimum atomic E-state index is -2.09. The molecule has 0 aromatic rings. The first-order valence-corrected chi connectivity index (χ1v) is 19.4. The molecule has 0 unspecified atom stereocenters. The second-order valence-electron chi connectivity index (χ2n) is 7.73. The van der Waals surface area contributed by atoms with Crippen molar-refractivity contribution in [1.29, 1.82) is 0 Å². The van der Waals surface area contributed by atoms with E-state index in [1.165, 1.54) is 12.5 Å². The zero-order chi connectivity index (χ0) is 15.5. The van der Waals surface area contributed by atoms with Crippen molar-refractivity contribution in [2.75, 3.05) is 0 Å². The van der Waals surface area contributed by atoms with Crippen molar-refractivity contribution in [3.8, 4) is 0 Å². The van der Waals surface area contributed by atoms with Crippen LogP contribution in [0.5, 0.6) is 0 Å². The lowest BCUT2D eigenvalue weighted by molar-refractivity contribution is 0.329. The molecule has 0 spiro atoms. The molecule has 19 heavy (non-hydrogen) atoms. The van der Waals surface area contributed by atoms with Crippen LogP contribution in [-0.2, 0) is 12.3 Å². The van der Waals surface area contributed by atoms with Gasteiger partial charge in [-0.25, -0.2) is 0 Å². The van der Waals surface area contributed by atoms with Crippen molar-refractivity contribution in [3.05, 3.63) is 0 Å². The van der Waals surface area contributed by atoms with E-state index in [1.54, 1.807) is 0 Å². The predicted molar refractivity (Wildman–Crippen MR) is 94.1 cm³/mol. The lowest BCUT2D eigenvalue weighted by Crippen LogP contribution is -2.55. The molecule has 0 amide bonds. The van der Waals surface area contributed by atoms with Crippen LogP contribution in [0.2, 0.25) is 65.0 Å². The Hall–Kier alpha value is 0.748. The average molecular weight is 339 g/mol. The van der Waals surface area contributed by atoms with E-state index in [0.717, 1.165) is 0 Å². The van der Waals surface area contributed by atoms with Crippen molar-refractivity contribution in [3.63, 3.8) is 0 Å². The first-order chi connectivity index (χ1) is 8.18. The molecule has 0 bridgehead atoms. The second-order valence-corrected chi connectivity index (χ2v) is 24.0. The molecule has 0 saturated carbocycles. The van der Waals surface area contributed by atoms with E-state index < -0.39 is 33.8 Å². The molecule has 0 N–H and O–H groups in total. The van der Waals surface area contributed by atoms with Crippen molar-refractivity contribution >= 4 is 33.8 Å².